The van der Waals surface area contributed by atoms with Crippen LogP contribution in [0.25, 0.3) is 0 Å². The molecule has 1 rings (SSSR count). The van der Waals surface area contributed by atoms with Crippen molar-refractivity contribution in [2.75, 3.05) is 5.73 Å². The van der Waals surface area contributed by atoms with Gasteiger partial charge in [0, 0.05) is 18.2 Å². The summed E-state index contributed by atoms with van der Waals surface area (Å²) in [4.78, 5) is 22.7. The lowest BCUT2D eigenvalue weighted by Gasteiger charge is -2.19. The quantitative estimate of drug-likeness (QED) is 0.694. The maximum absolute atomic E-state index is 11.9. The first-order valence-corrected chi connectivity index (χ1v) is 6.69. The first-order chi connectivity index (χ1) is 9.31. The number of nitrogens with two attached hydrogens (primary N) is 1. The van der Waals surface area contributed by atoms with E-state index in [1.807, 2.05) is 19.1 Å². The number of carboxylic acids is 1. The molecule has 0 aliphatic heterocycles. The van der Waals surface area contributed by atoms with Crippen LogP contribution in [-0.4, -0.2) is 23.0 Å². The summed E-state index contributed by atoms with van der Waals surface area (Å²) in [5.74, 6) is -1.60. The van der Waals surface area contributed by atoms with Gasteiger partial charge in [0.1, 0.15) is 0 Å². The Morgan fingerprint density at radius 2 is 1.75 bits per heavy atom. The van der Waals surface area contributed by atoms with Crippen molar-refractivity contribution in [1.82, 2.24) is 5.32 Å². The number of aliphatic carboxylic acids is 1. The third kappa shape index (κ3) is 4.57. The molecule has 0 aromatic heterocycles. The molecule has 0 heterocycles. The number of carbonyl (C=O) groups is 2. The van der Waals surface area contributed by atoms with E-state index in [2.05, 4.69) is 5.32 Å². The lowest BCUT2D eigenvalue weighted by Crippen LogP contribution is -2.40. The molecule has 110 valence electrons. The predicted molar refractivity (Wildman–Crippen MR) is 78.3 cm³/mol. The van der Waals surface area contributed by atoms with Crippen LogP contribution in [0.4, 0.5) is 5.69 Å². The van der Waals surface area contributed by atoms with E-state index in [1.54, 1.807) is 26.0 Å². The van der Waals surface area contributed by atoms with E-state index in [1.165, 1.54) is 0 Å². The van der Waals surface area contributed by atoms with E-state index in [9.17, 15) is 9.59 Å². The summed E-state index contributed by atoms with van der Waals surface area (Å²) in [6, 6.07) is 7.02. The summed E-state index contributed by atoms with van der Waals surface area (Å²) >= 11 is 0. The Hall–Kier alpha value is -2.04. The summed E-state index contributed by atoms with van der Waals surface area (Å²) in [7, 11) is 0. The Morgan fingerprint density at radius 1 is 1.20 bits per heavy atom. The molecular formula is C15H22N2O3. The monoisotopic (exact) mass is 278 g/mol. The Balaban J connectivity index is 2.53. The number of rotatable bonds is 6. The molecule has 1 amide bonds. The molecule has 0 bridgehead atoms. The van der Waals surface area contributed by atoms with Crippen molar-refractivity contribution in [2.24, 2.45) is 5.92 Å². The first kappa shape index (κ1) is 16.0. The van der Waals surface area contributed by atoms with Gasteiger partial charge >= 0.3 is 5.97 Å². The Bertz CT molecular complexity index is 471. The van der Waals surface area contributed by atoms with Gasteiger partial charge in [-0.25, -0.2) is 0 Å². The molecule has 0 saturated heterocycles. The van der Waals surface area contributed by atoms with Crippen molar-refractivity contribution in [1.29, 1.82) is 0 Å². The number of nitrogens with one attached hydrogen (secondary N) is 1. The van der Waals surface area contributed by atoms with E-state index in [4.69, 9.17) is 10.8 Å². The molecule has 5 heteroatoms. The molecule has 0 aliphatic carbocycles. The van der Waals surface area contributed by atoms with E-state index >= 15 is 0 Å². The van der Waals surface area contributed by atoms with Crippen LogP contribution >= 0.6 is 0 Å². The van der Waals surface area contributed by atoms with Gasteiger partial charge in [-0.1, -0.05) is 19.1 Å². The fourth-order valence-corrected chi connectivity index (χ4v) is 1.87. The number of benzene rings is 1. The molecule has 0 saturated carbocycles. The second kappa shape index (κ2) is 6.93. The second-order valence-corrected chi connectivity index (χ2v) is 5.25. The van der Waals surface area contributed by atoms with E-state index in [0.29, 0.717) is 12.1 Å². The lowest BCUT2D eigenvalue weighted by atomic mass is 9.96. The van der Waals surface area contributed by atoms with Gasteiger partial charge in [-0.15, -0.1) is 0 Å². The fourth-order valence-electron chi connectivity index (χ4n) is 1.87. The van der Waals surface area contributed by atoms with Gasteiger partial charge in [0.15, 0.2) is 0 Å². The number of amides is 1. The van der Waals surface area contributed by atoms with Crippen molar-refractivity contribution in [2.45, 2.75) is 39.2 Å². The molecule has 3 unspecified atom stereocenters. The molecule has 1 aromatic carbocycles. The third-order valence-electron chi connectivity index (χ3n) is 3.53. The van der Waals surface area contributed by atoms with Crippen molar-refractivity contribution in [3.05, 3.63) is 29.8 Å². The zero-order valence-electron chi connectivity index (χ0n) is 12.1. The largest absolute Gasteiger partial charge is 0.481 e. The summed E-state index contributed by atoms with van der Waals surface area (Å²) in [5.41, 5.74) is 7.35. The Kier molecular flexibility index (Phi) is 5.55. The van der Waals surface area contributed by atoms with Crippen molar-refractivity contribution in [3.8, 4) is 0 Å². The van der Waals surface area contributed by atoms with Crippen LogP contribution in [0.15, 0.2) is 24.3 Å². The fraction of sp³-hybridized carbons (Fsp3) is 0.467. The molecule has 5 nitrogen and oxygen atoms in total. The van der Waals surface area contributed by atoms with Crippen LogP contribution in [0.2, 0.25) is 0 Å². The summed E-state index contributed by atoms with van der Waals surface area (Å²) in [6.45, 7) is 5.23. The van der Waals surface area contributed by atoms with Crippen molar-refractivity contribution < 1.29 is 14.7 Å². The molecule has 1 aromatic rings. The van der Waals surface area contributed by atoms with Crippen molar-refractivity contribution >= 4 is 17.6 Å². The first-order valence-electron chi connectivity index (χ1n) is 6.69. The van der Waals surface area contributed by atoms with Crippen LogP contribution in [0.5, 0.6) is 0 Å². The molecule has 3 atom stereocenters. The van der Waals surface area contributed by atoms with Crippen LogP contribution in [0.3, 0.4) is 0 Å². The highest BCUT2D eigenvalue weighted by Crippen LogP contribution is 2.20. The van der Waals surface area contributed by atoms with E-state index in [-0.39, 0.29) is 11.8 Å². The van der Waals surface area contributed by atoms with Gasteiger partial charge in [0.2, 0.25) is 5.91 Å². The highest BCUT2D eigenvalue weighted by Gasteiger charge is 2.21. The molecule has 0 radical (unpaired) electrons. The van der Waals surface area contributed by atoms with Crippen LogP contribution in [0, 0.1) is 5.92 Å². The van der Waals surface area contributed by atoms with Crippen molar-refractivity contribution in [3.63, 3.8) is 0 Å². The smallest absolute Gasteiger partial charge is 0.308 e. The minimum Gasteiger partial charge on any atom is -0.481 e. The topological polar surface area (TPSA) is 92.4 Å². The van der Waals surface area contributed by atoms with Crippen LogP contribution in [0.1, 0.15) is 38.7 Å². The van der Waals surface area contributed by atoms with Crippen LogP contribution in [-0.2, 0) is 9.59 Å². The molecule has 20 heavy (non-hydrogen) atoms. The van der Waals surface area contributed by atoms with Gasteiger partial charge in [-0.05, 0) is 37.5 Å². The van der Waals surface area contributed by atoms with Gasteiger partial charge in [0.05, 0.1) is 5.92 Å². The number of hydrogen-bond donors (Lipinski definition) is 3. The summed E-state index contributed by atoms with van der Waals surface area (Å²) < 4.78 is 0. The number of carboxylic acid groups (broad SMARTS) is 1. The summed E-state index contributed by atoms with van der Waals surface area (Å²) in [6.07, 6.45) is 0.320. The highest BCUT2D eigenvalue weighted by atomic mass is 16.4. The second-order valence-electron chi connectivity index (χ2n) is 5.25. The SMILES string of the molecule is CC(CC(=O)NC(C)C(C)C(=O)O)c1ccc(N)cc1. The predicted octanol–water partition coefficient (Wildman–Crippen LogP) is 1.99. The van der Waals surface area contributed by atoms with E-state index in [0.717, 1.165) is 5.56 Å². The summed E-state index contributed by atoms with van der Waals surface area (Å²) in [5, 5.41) is 11.6. The normalized spacial score (nSPS) is 15.2. The van der Waals surface area contributed by atoms with Crippen LogP contribution < -0.4 is 11.1 Å². The minimum absolute atomic E-state index is 0.0583. The molecule has 0 fully saturated rings. The average Bonchev–Trinajstić information content (AvgIpc) is 2.37. The molecule has 4 N–H and O–H groups in total. The number of carbonyl (C=O) groups excluding carboxylic acids is 1. The zero-order valence-corrected chi connectivity index (χ0v) is 12.1. The molecule has 0 spiro atoms. The maximum atomic E-state index is 11.9. The average molecular weight is 278 g/mol. The Labute approximate surface area is 119 Å². The number of nitrogen functional groups attached to an aromatic ring is 1. The van der Waals surface area contributed by atoms with Gasteiger partial charge in [-0.2, -0.15) is 0 Å². The zero-order chi connectivity index (χ0) is 15.3. The molecular weight excluding hydrogens is 256 g/mol. The number of anilines is 1. The van der Waals surface area contributed by atoms with Gasteiger partial charge in [-0.3, -0.25) is 9.59 Å². The highest BCUT2D eigenvalue weighted by molar-refractivity contribution is 5.78. The minimum atomic E-state index is -0.913. The number of hydrogen-bond acceptors (Lipinski definition) is 3. The maximum Gasteiger partial charge on any atom is 0.308 e. The lowest BCUT2D eigenvalue weighted by molar-refractivity contribution is -0.142. The van der Waals surface area contributed by atoms with Gasteiger partial charge < -0.3 is 16.2 Å². The van der Waals surface area contributed by atoms with Gasteiger partial charge in [0.25, 0.3) is 0 Å². The standard InChI is InChI=1S/C15H22N2O3/c1-9(12-4-6-13(16)7-5-12)8-14(18)17-11(3)10(2)15(19)20/h4-7,9-11H,8,16H2,1-3H3,(H,17,18)(H,19,20). The third-order valence-corrected chi connectivity index (χ3v) is 3.53. The molecule has 0 aliphatic rings. The Morgan fingerprint density at radius 3 is 2.25 bits per heavy atom. The van der Waals surface area contributed by atoms with E-state index < -0.39 is 17.9 Å².